The van der Waals surface area contributed by atoms with Gasteiger partial charge in [0, 0.05) is 5.38 Å². The summed E-state index contributed by atoms with van der Waals surface area (Å²) in [6.07, 6.45) is 3.81. The van der Waals surface area contributed by atoms with Gasteiger partial charge in [-0.25, -0.2) is 4.98 Å². The Kier molecular flexibility index (Phi) is 5.67. The second-order valence-electron chi connectivity index (χ2n) is 5.85. The van der Waals surface area contributed by atoms with Crippen molar-refractivity contribution in [1.82, 2.24) is 9.88 Å². The fourth-order valence-corrected chi connectivity index (χ4v) is 4.29. The zero-order valence-corrected chi connectivity index (χ0v) is 13.8. The molecule has 1 aliphatic heterocycles. The number of thiazole rings is 1. The topological polar surface area (TPSA) is 16.1 Å². The molecule has 0 saturated carbocycles. The Balaban J connectivity index is 1.99. The molecule has 1 fully saturated rings. The molecular formula is C15H25ClN2S. The van der Waals surface area contributed by atoms with Crippen molar-refractivity contribution < 1.29 is 0 Å². The molecule has 1 saturated heterocycles. The Bertz CT molecular complexity index is 383. The van der Waals surface area contributed by atoms with Crippen molar-refractivity contribution in [3.05, 3.63) is 16.1 Å². The van der Waals surface area contributed by atoms with E-state index in [-0.39, 0.29) is 0 Å². The number of halogens is 1. The second kappa shape index (κ2) is 7.05. The SMILES string of the molecule is CCC(c1nc(CCl)cs1)N1CCC(C(C)C)CC1. The van der Waals surface area contributed by atoms with E-state index < -0.39 is 0 Å². The summed E-state index contributed by atoms with van der Waals surface area (Å²) in [5.41, 5.74) is 1.03. The van der Waals surface area contributed by atoms with Gasteiger partial charge in [-0.1, -0.05) is 20.8 Å². The molecule has 2 heterocycles. The lowest BCUT2D eigenvalue weighted by atomic mass is 9.86. The highest BCUT2D eigenvalue weighted by Gasteiger charge is 2.27. The molecule has 0 spiro atoms. The van der Waals surface area contributed by atoms with Crippen LogP contribution in [0.5, 0.6) is 0 Å². The highest BCUT2D eigenvalue weighted by atomic mass is 35.5. The summed E-state index contributed by atoms with van der Waals surface area (Å²) in [5, 5.41) is 3.35. The maximum Gasteiger partial charge on any atom is 0.110 e. The molecule has 2 nitrogen and oxygen atoms in total. The van der Waals surface area contributed by atoms with Crippen LogP contribution in [0.1, 0.15) is 56.8 Å². The van der Waals surface area contributed by atoms with Crippen molar-refractivity contribution in [2.45, 2.75) is 52.0 Å². The Morgan fingerprint density at radius 3 is 2.58 bits per heavy atom. The van der Waals surface area contributed by atoms with Gasteiger partial charge in [0.25, 0.3) is 0 Å². The molecule has 108 valence electrons. The number of nitrogens with zero attached hydrogens (tertiary/aromatic N) is 2. The molecule has 0 aromatic carbocycles. The van der Waals surface area contributed by atoms with Gasteiger partial charge in [-0.2, -0.15) is 0 Å². The molecule has 1 unspecified atom stereocenters. The number of hydrogen-bond donors (Lipinski definition) is 0. The van der Waals surface area contributed by atoms with Gasteiger partial charge in [0.2, 0.25) is 0 Å². The summed E-state index contributed by atoms with van der Waals surface area (Å²) in [7, 11) is 0. The van der Waals surface area contributed by atoms with Crippen LogP contribution in [0.2, 0.25) is 0 Å². The molecule has 0 N–H and O–H groups in total. The van der Waals surface area contributed by atoms with E-state index in [9.17, 15) is 0 Å². The van der Waals surface area contributed by atoms with E-state index in [1.165, 1.54) is 30.9 Å². The van der Waals surface area contributed by atoms with E-state index in [1.807, 2.05) is 0 Å². The van der Waals surface area contributed by atoms with Crippen molar-refractivity contribution >= 4 is 22.9 Å². The second-order valence-corrected chi connectivity index (χ2v) is 7.01. The van der Waals surface area contributed by atoms with Gasteiger partial charge in [-0.05, 0) is 44.2 Å². The molecule has 0 bridgehead atoms. The predicted octanol–water partition coefficient (Wildman–Crippen LogP) is 4.70. The average Bonchev–Trinajstić information content (AvgIpc) is 2.89. The van der Waals surface area contributed by atoms with Crippen molar-refractivity contribution in [2.24, 2.45) is 11.8 Å². The standard InChI is InChI=1S/C15H25ClN2S/c1-4-14(15-17-13(9-16)10-19-15)18-7-5-12(6-8-18)11(2)3/h10-12,14H,4-9H2,1-3H3. The summed E-state index contributed by atoms with van der Waals surface area (Å²) in [4.78, 5) is 7.29. The molecule has 4 heteroatoms. The highest BCUT2D eigenvalue weighted by molar-refractivity contribution is 7.09. The third-order valence-corrected chi connectivity index (χ3v) is 5.60. The zero-order valence-electron chi connectivity index (χ0n) is 12.2. The van der Waals surface area contributed by atoms with Crippen molar-refractivity contribution in [2.75, 3.05) is 13.1 Å². The molecule has 19 heavy (non-hydrogen) atoms. The first-order valence-corrected chi connectivity index (χ1v) is 8.81. The van der Waals surface area contributed by atoms with E-state index >= 15 is 0 Å². The Morgan fingerprint density at radius 1 is 1.42 bits per heavy atom. The van der Waals surface area contributed by atoms with Gasteiger partial charge in [0.05, 0.1) is 17.6 Å². The first-order chi connectivity index (χ1) is 9.15. The van der Waals surface area contributed by atoms with Crippen LogP contribution in [0, 0.1) is 11.8 Å². The van der Waals surface area contributed by atoms with Crippen LogP contribution in [-0.4, -0.2) is 23.0 Å². The minimum Gasteiger partial charge on any atom is -0.294 e. The first-order valence-electron chi connectivity index (χ1n) is 7.40. The maximum absolute atomic E-state index is 5.86. The molecule has 1 aromatic heterocycles. The van der Waals surface area contributed by atoms with Gasteiger partial charge in [-0.15, -0.1) is 22.9 Å². The smallest absolute Gasteiger partial charge is 0.110 e. The quantitative estimate of drug-likeness (QED) is 0.733. The van der Waals surface area contributed by atoms with Crippen LogP contribution in [0.25, 0.3) is 0 Å². The monoisotopic (exact) mass is 300 g/mol. The number of aromatic nitrogens is 1. The van der Waals surface area contributed by atoms with Crippen LogP contribution < -0.4 is 0 Å². The van der Waals surface area contributed by atoms with E-state index in [0.29, 0.717) is 11.9 Å². The fraction of sp³-hybridized carbons (Fsp3) is 0.800. The number of piperidine rings is 1. The lowest BCUT2D eigenvalue weighted by Gasteiger charge is -2.37. The zero-order chi connectivity index (χ0) is 13.8. The van der Waals surface area contributed by atoms with Gasteiger partial charge < -0.3 is 0 Å². The first kappa shape index (κ1) is 15.3. The van der Waals surface area contributed by atoms with Crippen LogP contribution >= 0.6 is 22.9 Å². The maximum atomic E-state index is 5.86. The van der Waals surface area contributed by atoms with Crippen molar-refractivity contribution in [1.29, 1.82) is 0 Å². The average molecular weight is 301 g/mol. The summed E-state index contributed by atoms with van der Waals surface area (Å²) in [6.45, 7) is 9.41. The summed E-state index contributed by atoms with van der Waals surface area (Å²) in [6, 6.07) is 0.495. The predicted molar refractivity (Wildman–Crippen MR) is 83.8 cm³/mol. The van der Waals surface area contributed by atoms with Gasteiger partial charge in [-0.3, -0.25) is 4.90 Å². The molecule has 1 aliphatic rings. The molecule has 2 rings (SSSR count). The van der Waals surface area contributed by atoms with Gasteiger partial charge in [0.15, 0.2) is 0 Å². The van der Waals surface area contributed by atoms with Crippen molar-refractivity contribution in [3.63, 3.8) is 0 Å². The summed E-state index contributed by atoms with van der Waals surface area (Å²) < 4.78 is 0. The van der Waals surface area contributed by atoms with Crippen molar-refractivity contribution in [3.8, 4) is 0 Å². The number of rotatable bonds is 5. The molecular weight excluding hydrogens is 276 g/mol. The number of alkyl halides is 1. The molecule has 0 radical (unpaired) electrons. The summed E-state index contributed by atoms with van der Waals surface area (Å²) >= 11 is 7.63. The fourth-order valence-electron chi connectivity index (χ4n) is 3.02. The molecule has 0 amide bonds. The van der Waals surface area contributed by atoms with E-state index in [0.717, 1.165) is 24.0 Å². The minimum absolute atomic E-state index is 0.495. The van der Waals surface area contributed by atoms with Gasteiger partial charge in [0.1, 0.15) is 5.01 Å². The van der Waals surface area contributed by atoms with E-state index in [4.69, 9.17) is 11.6 Å². The Morgan fingerprint density at radius 2 is 2.11 bits per heavy atom. The van der Waals surface area contributed by atoms with E-state index in [2.05, 4.69) is 36.0 Å². The van der Waals surface area contributed by atoms with Crippen LogP contribution in [0.15, 0.2) is 5.38 Å². The molecule has 0 aliphatic carbocycles. The molecule has 1 aromatic rings. The lowest BCUT2D eigenvalue weighted by molar-refractivity contribution is 0.111. The number of likely N-dealkylation sites (tertiary alicyclic amines) is 1. The van der Waals surface area contributed by atoms with Crippen LogP contribution in [0.4, 0.5) is 0 Å². The third kappa shape index (κ3) is 3.71. The molecule has 1 atom stereocenters. The summed E-state index contributed by atoms with van der Waals surface area (Å²) in [5.74, 6) is 2.26. The highest BCUT2D eigenvalue weighted by Crippen LogP contribution is 2.33. The third-order valence-electron chi connectivity index (χ3n) is 4.34. The largest absolute Gasteiger partial charge is 0.294 e. The van der Waals surface area contributed by atoms with Crippen LogP contribution in [-0.2, 0) is 5.88 Å². The van der Waals surface area contributed by atoms with E-state index in [1.54, 1.807) is 11.3 Å². The Hall–Kier alpha value is -0.120. The Labute approximate surface area is 126 Å². The minimum atomic E-state index is 0.495. The normalized spacial score (nSPS) is 20.1. The van der Waals surface area contributed by atoms with Gasteiger partial charge >= 0.3 is 0 Å². The lowest BCUT2D eigenvalue weighted by Crippen LogP contribution is -2.37. The number of hydrogen-bond acceptors (Lipinski definition) is 3. The van der Waals surface area contributed by atoms with Crippen LogP contribution in [0.3, 0.4) is 0 Å².